The van der Waals surface area contributed by atoms with E-state index in [1.807, 2.05) is 42.6 Å². The Labute approximate surface area is 147 Å². The lowest BCUT2D eigenvalue weighted by Crippen LogP contribution is -2.47. The van der Waals surface area contributed by atoms with Crippen molar-refractivity contribution in [2.75, 3.05) is 0 Å². The average Bonchev–Trinajstić information content (AvgIpc) is 2.96. The fraction of sp³-hybridized carbons (Fsp3) is 0.250. The van der Waals surface area contributed by atoms with Gasteiger partial charge >= 0.3 is 0 Å². The van der Waals surface area contributed by atoms with Gasteiger partial charge in [0.2, 0.25) is 6.04 Å². The van der Waals surface area contributed by atoms with Crippen molar-refractivity contribution in [1.29, 1.82) is 0 Å². The molecule has 1 N–H and O–H groups in total. The van der Waals surface area contributed by atoms with Crippen LogP contribution in [0.4, 0.5) is 0 Å². The van der Waals surface area contributed by atoms with E-state index in [1.54, 1.807) is 28.9 Å². The maximum atomic E-state index is 12.5. The molecule has 1 heterocycles. The Bertz CT molecular complexity index is 785. The van der Waals surface area contributed by atoms with Crippen molar-refractivity contribution in [3.8, 4) is 0 Å². The zero-order chi connectivity index (χ0) is 17.6. The normalized spacial score (nSPS) is 21.2. The molecule has 0 spiro atoms. The first-order chi connectivity index (χ1) is 12.2. The summed E-state index contributed by atoms with van der Waals surface area (Å²) in [6.45, 7) is 2.07. The van der Waals surface area contributed by atoms with Crippen molar-refractivity contribution in [2.45, 2.75) is 31.8 Å². The first kappa shape index (κ1) is 16.9. The van der Waals surface area contributed by atoms with Gasteiger partial charge in [0, 0.05) is 17.5 Å². The highest BCUT2D eigenvalue weighted by molar-refractivity contribution is 5.97. The van der Waals surface area contributed by atoms with Gasteiger partial charge in [-0.3, -0.25) is 4.79 Å². The summed E-state index contributed by atoms with van der Waals surface area (Å²) in [6.07, 6.45) is 3.70. The van der Waals surface area contributed by atoms with Crippen LogP contribution < -0.4 is 10.4 Å². The number of amides is 1. The summed E-state index contributed by atoms with van der Waals surface area (Å²) in [5.74, 6) is -0.599. The van der Waals surface area contributed by atoms with E-state index in [-0.39, 0.29) is 17.8 Å². The van der Waals surface area contributed by atoms with Crippen LogP contribution in [0.2, 0.25) is 0 Å². The number of unbranched alkanes of at least 4 members (excludes halogenated alkanes) is 1. The summed E-state index contributed by atoms with van der Waals surface area (Å²) in [5, 5.41) is 19.4. The van der Waals surface area contributed by atoms with Gasteiger partial charge in [-0.05, 0) is 23.7 Å². The minimum atomic E-state index is -0.705. The van der Waals surface area contributed by atoms with Crippen LogP contribution in [0, 0.1) is 0 Å². The lowest BCUT2D eigenvalue weighted by atomic mass is 9.99. The summed E-state index contributed by atoms with van der Waals surface area (Å²) >= 11 is 0. The largest absolute Gasteiger partial charge is 0.856 e. The van der Waals surface area contributed by atoms with Gasteiger partial charge in [-0.2, -0.15) is 0 Å². The highest BCUT2D eigenvalue weighted by Crippen LogP contribution is 2.26. The molecule has 0 bridgehead atoms. The number of benzene rings is 2. The third-order valence-electron chi connectivity index (χ3n) is 4.15. The molecule has 2 aromatic carbocycles. The van der Waals surface area contributed by atoms with E-state index in [4.69, 9.17) is 0 Å². The fourth-order valence-corrected chi connectivity index (χ4v) is 2.89. The number of carbonyl (C=O) groups excluding carboxylic acids is 1. The van der Waals surface area contributed by atoms with E-state index in [9.17, 15) is 9.90 Å². The second-order valence-corrected chi connectivity index (χ2v) is 5.96. The van der Waals surface area contributed by atoms with Gasteiger partial charge in [0.05, 0.1) is 5.90 Å². The van der Waals surface area contributed by atoms with Gasteiger partial charge in [-0.1, -0.05) is 60.1 Å². The minimum absolute atomic E-state index is 0.271. The standard InChI is InChI=1S/C20H21N3O2/c1-2-3-14-23-18(15-10-6-4-7-11-15)17(20(25)22-23)21-19(24)16-12-8-5-9-13-16/h4-14,17-18H,2-3H2,1H3,(H-,21,22,24,25)/b23-14+/t17-,18-/m0/s1. The molecule has 1 aliphatic heterocycles. The van der Waals surface area contributed by atoms with Crippen LogP contribution >= 0.6 is 0 Å². The predicted octanol–water partition coefficient (Wildman–Crippen LogP) is 2.10. The average molecular weight is 335 g/mol. The molecule has 3 rings (SSSR count). The first-order valence-electron chi connectivity index (χ1n) is 8.48. The first-order valence-corrected chi connectivity index (χ1v) is 8.48. The van der Waals surface area contributed by atoms with Crippen molar-refractivity contribution in [3.05, 3.63) is 71.8 Å². The Morgan fingerprint density at radius 2 is 1.80 bits per heavy atom. The van der Waals surface area contributed by atoms with E-state index in [2.05, 4.69) is 17.3 Å². The summed E-state index contributed by atoms with van der Waals surface area (Å²) in [4.78, 5) is 12.5. The van der Waals surface area contributed by atoms with Gasteiger partial charge in [0.15, 0.2) is 6.21 Å². The van der Waals surface area contributed by atoms with Crippen LogP contribution in [0.3, 0.4) is 0 Å². The van der Waals surface area contributed by atoms with Crippen molar-refractivity contribution in [3.63, 3.8) is 0 Å². The topological polar surface area (TPSA) is 67.5 Å². The lowest BCUT2D eigenvalue weighted by Gasteiger charge is -2.20. The summed E-state index contributed by atoms with van der Waals surface area (Å²) in [6, 6.07) is 17.5. The number of rotatable bonds is 5. The predicted molar refractivity (Wildman–Crippen MR) is 95.5 cm³/mol. The second kappa shape index (κ2) is 7.75. The molecule has 25 heavy (non-hydrogen) atoms. The number of hydrogen-bond donors (Lipinski definition) is 1. The molecule has 0 fully saturated rings. The van der Waals surface area contributed by atoms with E-state index >= 15 is 0 Å². The Kier molecular flexibility index (Phi) is 5.23. The Balaban J connectivity index is 1.90. The van der Waals surface area contributed by atoms with Gasteiger partial charge < -0.3 is 10.4 Å². The zero-order valence-corrected chi connectivity index (χ0v) is 14.1. The summed E-state index contributed by atoms with van der Waals surface area (Å²) in [7, 11) is 0. The van der Waals surface area contributed by atoms with Gasteiger partial charge in [-0.15, -0.1) is 0 Å². The van der Waals surface area contributed by atoms with Crippen LogP contribution in [0.5, 0.6) is 0 Å². The maximum Gasteiger partial charge on any atom is 0.252 e. The maximum absolute atomic E-state index is 12.5. The van der Waals surface area contributed by atoms with Gasteiger partial charge in [0.25, 0.3) is 5.91 Å². The van der Waals surface area contributed by atoms with E-state index in [0.29, 0.717) is 5.56 Å². The molecule has 0 saturated carbocycles. The third-order valence-corrected chi connectivity index (χ3v) is 4.15. The molecule has 5 nitrogen and oxygen atoms in total. The fourth-order valence-electron chi connectivity index (χ4n) is 2.89. The SMILES string of the molecule is CCC/C=[N+]1/N=C([O-])[C@@H](NC(=O)c2ccccc2)[C@@H]1c1ccccc1. The number of hydrazone groups is 1. The molecule has 0 radical (unpaired) electrons. The Hall–Kier alpha value is -2.95. The van der Waals surface area contributed by atoms with E-state index in [0.717, 1.165) is 18.4 Å². The molecule has 0 aliphatic carbocycles. The van der Waals surface area contributed by atoms with Crippen LogP contribution in [-0.2, 0) is 0 Å². The Morgan fingerprint density at radius 3 is 2.44 bits per heavy atom. The number of hydrogen-bond acceptors (Lipinski definition) is 3. The molecule has 2 aromatic rings. The third kappa shape index (κ3) is 3.76. The summed E-state index contributed by atoms with van der Waals surface area (Å²) in [5.41, 5.74) is 1.47. The molecule has 2 atom stereocenters. The van der Waals surface area contributed by atoms with Crippen LogP contribution in [0.15, 0.2) is 65.8 Å². The minimum Gasteiger partial charge on any atom is -0.856 e. The van der Waals surface area contributed by atoms with Crippen molar-refractivity contribution in [1.82, 2.24) is 5.32 Å². The Morgan fingerprint density at radius 1 is 1.16 bits per heavy atom. The molecule has 5 heteroatoms. The van der Waals surface area contributed by atoms with Gasteiger partial charge in [-0.25, -0.2) is 0 Å². The molecule has 0 unspecified atom stereocenters. The summed E-state index contributed by atoms with van der Waals surface area (Å²) < 4.78 is 1.69. The van der Waals surface area contributed by atoms with Crippen LogP contribution in [-0.4, -0.2) is 28.7 Å². The highest BCUT2D eigenvalue weighted by Gasteiger charge is 2.40. The monoisotopic (exact) mass is 335 g/mol. The van der Waals surface area contributed by atoms with Crippen molar-refractivity contribution >= 4 is 18.0 Å². The quantitative estimate of drug-likeness (QED) is 0.850. The van der Waals surface area contributed by atoms with Crippen LogP contribution in [0.25, 0.3) is 0 Å². The smallest absolute Gasteiger partial charge is 0.252 e. The van der Waals surface area contributed by atoms with Crippen LogP contribution in [0.1, 0.15) is 41.7 Å². The molecular formula is C20H21N3O2. The number of nitrogens with zero attached hydrogens (tertiary/aromatic N) is 2. The second-order valence-electron chi connectivity index (χ2n) is 5.96. The van der Waals surface area contributed by atoms with Crippen molar-refractivity contribution in [2.24, 2.45) is 5.10 Å². The zero-order valence-electron chi connectivity index (χ0n) is 14.1. The van der Waals surface area contributed by atoms with Gasteiger partial charge in [0.1, 0.15) is 6.04 Å². The van der Waals surface area contributed by atoms with Crippen molar-refractivity contribution < 1.29 is 14.6 Å². The molecule has 0 saturated heterocycles. The molecule has 1 aliphatic rings. The molecule has 0 aromatic heterocycles. The molecule has 1 amide bonds. The molecule has 128 valence electrons. The molecular weight excluding hydrogens is 314 g/mol. The highest BCUT2D eigenvalue weighted by atomic mass is 16.3. The number of nitrogens with one attached hydrogen (secondary N) is 1. The lowest BCUT2D eigenvalue weighted by molar-refractivity contribution is -0.566. The van der Waals surface area contributed by atoms with E-state index in [1.165, 1.54) is 0 Å². The van der Waals surface area contributed by atoms with E-state index < -0.39 is 6.04 Å². The number of carbonyl (C=O) groups is 1.